The van der Waals surface area contributed by atoms with Crippen LogP contribution in [0.1, 0.15) is 87.7 Å². The van der Waals surface area contributed by atoms with E-state index < -0.39 is 0 Å². The van der Waals surface area contributed by atoms with E-state index in [1.165, 1.54) is 69.0 Å². The Morgan fingerprint density at radius 2 is 1.76 bits per heavy atom. The summed E-state index contributed by atoms with van der Waals surface area (Å²) in [6, 6.07) is 0. The first-order valence-electron chi connectivity index (χ1n) is 8.83. The monoisotopic (exact) mass is 306 g/mol. The number of hydrogen-bond donors (Lipinski definition) is 0. The highest BCUT2D eigenvalue weighted by molar-refractivity contribution is 6.30. The molecule has 1 aromatic rings. The lowest BCUT2D eigenvalue weighted by atomic mass is 9.79. The number of halogens is 1. The van der Waals surface area contributed by atoms with Crippen molar-refractivity contribution in [3.05, 3.63) is 22.2 Å². The highest BCUT2D eigenvalue weighted by Gasteiger charge is 2.25. The van der Waals surface area contributed by atoms with Gasteiger partial charge >= 0.3 is 0 Å². The molecule has 1 heterocycles. The summed E-state index contributed by atoms with van der Waals surface area (Å²) in [5.41, 5.74) is 2.48. The van der Waals surface area contributed by atoms with Gasteiger partial charge in [0.05, 0.1) is 0 Å². The Hall–Kier alpha value is -0.630. The van der Waals surface area contributed by atoms with E-state index in [-0.39, 0.29) is 0 Å². The fraction of sp³-hybridized carbons (Fsp3) is 0.778. The zero-order valence-electron chi connectivity index (χ0n) is 13.2. The molecule has 0 radical (unpaired) electrons. The molecule has 0 amide bonds. The fourth-order valence-corrected chi connectivity index (χ4v) is 4.33. The largest absolute Gasteiger partial charge is 0.237 e. The van der Waals surface area contributed by atoms with Gasteiger partial charge in [0.2, 0.25) is 0 Å². The highest BCUT2D eigenvalue weighted by Crippen LogP contribution is 2.37. The van der Waals surface area contributed by atoms with E-state index in [1.54, 1.807) is 0 Å². The summed E-state index contributed by atoms with van der Waals surface area (Å²) in [6.45, 7) is 2.29. The van der Waals surface area contributed by atoms with Crippen LogP contribution in [0.3, 0.4) is 0 Å². The first kappa shape index (κ1) is 15.3. The van der Waals surface area contributed by atoms with Crippen molar-refractivity contribution in [2.75, 3.05) is 0 Å². The van der Waals surface area contributed by atoms with Crippen LogP contribution in [0.2, 0.25) is 5.15 Å². The number of nitrogens with zero attached hydrogens (tertiary/aromatic N) is 2. The lowest BCUT2D eigenvalue weighted by Crippen LogP contribution is -2.16. The molecule has 0 saturated heterocycles. The van der Waals surface area contributed by atoms with E-state index in [9.17, 15) is 0 Å². The molecule has 0 unspecified atom stereocenters. The van der Waals surface area contributed by atoms with Crippen molar-refractivity contribution in [3.63, 3.8) is 0 Å². The van der Waals surface area contributed by atoms with Gasteiger partial charge in [-0.1, -0.05) is 37.8 Å². The third-order valence-electron chi connectivity index (χ3n) is 5.31. The molecule has 3 rings (SSSR count). The molecule has 2 aliphatic rings. The number of aryl methyl sites for hydroxylation is 1. The highest BCUT2D eigenvalue weighted by atomic mass is 35.5. The van der Waals surface area contributed by atoms with Crippen molar-refractivity contribution in [2.24, 2.45) is 5.92 Å². The van der Waals surface area contributed by atoms with Crippen molar-refractivity contribution in [1.82, 2.24) is 9.97 Å². The normalized spacial score (nSPS) is 26.2. The maximum atomic E-state index is 6.47. The van der Waals surface area contributed by atoms with Crippen LogP contribution < -0.4 is 0 Å². The summed E-state index contributed by atoms with van der Waals surface area (Å²) in [7, 11) is 0. The molecular formula is C18H27ClN2. The van der Waals surface area contributed by atoms with Crippen molar-refractivity contribution in [2.45, 2.75) is 83.5 Å². The summed E-state index contributed by atoms with van der Waals surface area (Å²) < 4.78 is 0. The average Bonchev–Trinajstić information content (AvgIpc) is 2.74. The van der Waals surface area contributed by atoms with Crippen LogP contribution in [0, 0.1) is 5.92 Å². The maximum Gasteiger partial charge on any atom is 0.136 e. The molecule has 0 aliphatic heterocycles. The second-order valence-electron chi connectivity index (χ2n) is 6.86. The zero-order valence-corrected chi connectivity index (χ0v) is 14.0. The van der Waals surface area contributed by atoms with E-state index in [2.05, 4.69) is 11.9 Å². The first-order chi connectivity index (χ1) is 10.3. The summed E-state index contributed by atoms with van der Waals surface area (Å²) in [5.74, 6) is 2.52. The van der Waals surface area contributed by atoms with Gasteiger partial charge in [0, 0.05) is 17.2 Å². The minimum Gasteiger partial charge on any atom is -0.237 e. The minimum atomic E-state index is 0.546. The third-order valence-corrected chi connectivity index (χ3v) is 5.62. The van der Waals surface area contributed by atoms with Crippen LogP contribution in [-0.2, 0) is 12.8 Å². The number of rotatable bonds is 3. The summed E-state index contributed by atoms with van der Waals surface area (Å²) in [5, 5.41) is 0.743. The van der Waals surface area contributed by atoms with Gasteiger partial charge in [-0.2, -0.15) is 0 Å². The van der Waals surface area contributed by atoms with Gasteiger partial charge in [-0.05, 0) is 57.3 Å². The molecule has 0 aromatic carbocycles. The average molecular weight is 307 g/mol. The van der Waals surface area contributed by atoms with E-state index in [4.69, 9.17) is 16.6 Å². The predicted octanol–water partition coefficient (Wildman–Crippen LogP) is 5.47. The molecular weight excluding hydrogens is 280 g/mol. The molecule has 0 N–H and O–H groups in total. The Balaban J connectivity index is 1.74. The third kappa shape index (κ3) is 3.59. The number of aromatic nitrogens is 2. The predicted molar refractivity (Wildman–Crippen MR) is 87.9 cm³/mol. The van der Waals surface area contributed by atoms with Crippen molar-refractivity contribution in [3.8, 4) is 0 Å². The van der Waals surface area contributed by atoms with Crippen LogP contribution in [0.25, 0.3) is 0 Å². The van der Waals surface area contributed by atoms with Crippen molar-refractivity contribution in [1.29, 1.82) is 0 Å². The topological polar surface area (TPSA) is 25.8 Å². The van der Waals surface area contributed by atoms with Crippen LogP contribution in [0.15, 0.2) is 0 Å². The van der Waals surface area contributed by atoms with E-state index in [1.807, 2.05) is 0 Å². The Bertz CT molecular complexity index is 478. The summed E-state index contributed by atoms with van der Waals surface area (Å²) in [4.78, 5) is 9.61. The minimum absolute atomic E-state index is 0.546. The molecule has 1 aromatic heterocycles. The maximum absolute atomic E-state index is 6.47. The second kappa shape index (κ2) is 7.09. The SMILES string of the molecule is CCCC1CCC(c2nc(Cl)c3c(n2)CCCCC3)CC1. The molecule has 1 saturated carbocycles. The van der Waals surface area contributed by atoms with Gasteiger partial charge in [0.25, 0.3) is 0 Å². The quantitative estimate of drug-likeness (QED) is 0.546. The molecule has 21 heavy (non-hydrogen) atoms. The van der Waals surface area contributed by atoms with Crippen LogP contribution in [0.4, 0.5) is 0 Å². The van der Waals surface area contributed by atoms with Gasteiger partial charge in [0.1, 0.15) is 11.0 Å². The molecule has 0 atom stereocenters. The van der Waals surface area contributed by atoms with E-state index in [0.717, 1.165) is 29.7 Å². The van der Waals surface area contributed by atoms with Gasteiger partial charge in [-0.3, -0.25) is 0 Å². The fourth-order valence-electron chi connectivity index (χ4n) is 4.04. The Morgan fingerprint density at radius 1 is 1.00 bits per heavy atom. The Kier molecular flexibility index (Phi) is 5.15. The zero-order chi connectivity index (χ0) is 14.7. The van der Waals surface area contributed by atoms with Gasteiger partial charge in [-0.15, -0.1) is 0 Å². The van der Waals surface area contributed by atoms with E-state index >= 15 is 0 Å². The Labute approximate surface area is 133 Å². The summed E-state index contributed by atoms with van der Waals surface area (Å²) >= 11 is 6.47. The second-order valence-corrected chi connectivity index (χ2v) is 7.22. The van der Waals surface area contributed by atoms with Gasteiger partial charge in [-0.25, -0.2) is 9.97 Å². The molecule has 2 aliphatic carbocycles. The molecule has 2 nitrogen and oxygen atoms in total. The molecule has 0 spiro atoms. The van der Waals surface area contributed by atoms with E-state index in [0.29, 0.717) is 5.92 Å². The Morgan fingerprint density at radius 3 is 2.52 bits per heavy atom. The molecule has 0 bridgehead atoms. The number of hydrogen-bond acceptors (Lipinski definition) is 2. The molecule has 1 fully saturated rings. The van der Waals surface area contributed by atoms with Crippen LogP contribution in [-0.4, -0.2) is 9.97 Å². The standard InChI is InChI=1S/C18H27ClN2/c1-2-6-13-9-11-14(12-10-13)18-20-16-8-5-3-4-7-15(16)17(19)21-18/h13-14H,2-12H2,1H3. The van der Waals surface area contributed by atoms with Crippen molar-refractivity contribution < 1.29 is 0 Å². The number of fused-ring (bicyclic) bond motifs is 1. The van der Waals surface area contributed by atoms with Gasteiger partial charge in [0.15, 0.2) is 0 Å². The van der Waals surface area contributed by atoms with Crippen LogP contribution in [0.5, 0.6) is 0 Å². The lowest BCUT2D eigenvalue weighted by molar-refractivity contribution is 0.302. The summed E-state index contributed by atoms with van der Waals surface area (Å²) in [6.07, 6.45) is 13.8. The molecule has 116 valence electrons. The first-order valence-corrected chi connectivity index (χ1v) is 9.21. The van der Waals surface area contributed by atoms with Crippen LogP contribution >= 0.6 is 11.6 Å². The lowest BCUT2D eigenvalue weighted by Gasteiger charge is -2.27. The smallest absolute Gasteiger partial charge is 0.136 e. The van der Waals surface area contributed by atoms with Crippen molar-refractivity contribution >= 4 is 11.6 Å². The van der Waals surface area contributed by atoms with Gasteiger partial charge < -0.3 is 0 Å². The molecule has 3 heteroatoms.